The summed E-state index contributed by atoms with van der Waals surface area (Å²) in [5, 5.41) is 3.80. The third-order valence-electron chi connectivity index (χ3n) is 4.93. The summed E-state index contributed by atoms with van der Waals surface area (Å²) in [6.45, 7) is 9.24. The summed E-state index contributed by atoms with van der Waals surface area (Å²) >= 11 is 0. The molecular weight excluding hydrogens is 406 g/mol. The van der Waals surface area contributed by atoms with Crippen LogP contribution in [0.4, 0.5) is 4.79 Å². The van der Waals surface area contributed by atoms with Gasteiger partial charge in [0.1, 0.15) is 11.2 Å². The highest BCUT2D eigenvalue weighted by atomic mass is 16.6. The Morgan fingerprint density at radius 1 is 1.03 bits per heavy atom. The number of pyridine rings is 1. The second-order valence-corrected chi connectivity index (χ2v) is 9.02. The zero-order valence-electron chi connectivity index (χ0n) is 19.3. The summed E-state index contributed by atoms with van der Waals surface area (Å²) in [6, 6.07) is 11.2. The van der Waals surface area contributed by atoms with Crippen LogP contribution in [0.5, 0.6) is 0 Å². The molecule has 3 rings (SSSR count). The molecule has 0 aliphatic rings. The topological polar surface area (TPSA) is 93.3 Å². The molecular formula is C25H29N3O4. The number of esters is 1. The van der Waals surface area contributed by atoms with Gasteiger partial charge in [-0.2, -0.15) is 0 Å². The summed E-state index contributed by atoms with van der Waals surface area (Å²) in [6.07, 6.45) is 4.80. The molecule has 2 heterocycles. The molecule has 0 aliphatic carbocycles. The van der Waals surface area contributed by atoms with Crippen LogP contribution < -0.4 is 5.32 Å². The number of hydrogen-bond acceptors (Lipinski definition) is 5. The maximum atomic E-state index is 12.6. The number of alkyl carbamates (subject to hydrolysis) is 1. The van der Waals surface area contributed by atoms with Crippen LogP contribution in [-0.4, -0.2) is 34.7 Å². The highest BCUT2D eigenvalue weighted by molar-refractivity contribution is 6.22. The first-order chi connectivity index (χ1) is 15.0. The van der Waals surface area contributed by atoms with Crippen LogP contribution in [0.1, 0.15) is 51.3 Å². The molecule has 0 saturated heterocycles. The highest BCUT2D eigenvalue weighted by Crippen LogP contribution is 2.27. The van der Waals surface area contributed by atoms with Gasteiger partial charge in [0.15, 0.2) is 0 Å². The largest absolute Gasteiger partial charge is 0.465 e. The predicted molar refractivity (Wildman–Crippen MR) is 125 cm³/mol. The number of rotatable bonds is 5. The first kappa shape index (κ1) is 23.1. The molecule has 0 aliphatic heterocycles. The van der Waals surface area contributed by atoms with E-state index in [-0.39, 0.29) is 0 Å². The molecule has 0 fully saturated rings. The smallest absolute Gasteiger partial charge is 0.408 e. The van der Waals surface area contributed by atoms with Gasteiger partial charge < -0.3 is 19.8 Å². The molecule has 1 aromatic carbocycles. The van der Waals surface area contributed by atoms with E-state index in [4.69, 9.17) is 9.47 Å². The van der Waals surface area contributed by atoms with E-state index in [2.05, 4.69) is 15.3 Å². The lowest BCUT2D eigenvalue weighted by Gasteiger charge is -2.29. The second-order valence-electron chi connectivity index (χ2n) is 9.02. The van der Waals surface area contributed by atoms with Crippen LogP contribution in [0.2, 0.25) is 0 Å². The van der Waals surface area contributed by atoms with Crippen molar-refractivity contribution in [2.75, 3.05) is 7.11 Å². The first-order valence-corrected chi connectivity index (χ1v) is 10.3. The molecule has 7 heteroatoms. The van der Waals surface area contributed by atoms with E-state index >= 15 is 0 Å². The quantitative estimate of drug-likeness (QED) is 0.433. The SMILES string of the molecule is COC(=O)/C(=C\c1ccnc2[nH]ccc12)c1ccc(C(C)(C)NC(=O)OC(C)(C)C)cc1. The standard InChI is InChI=1S/C25H29N3O4/c1-24(2,3)32-23(30)28-25(4,5)18-9-7-16(8-10-18)20(22(29)31-6)15-17-11-13-26-21-19(17)12-14-27-21/h7-15H,1-6H3,(H,26,27)(H,28,30)/b20-15-. The fraction of sp³-hybridized carbons (Fsp3) is 0.320. The Labute approximate surface area is 187 Å². The number of fused-ring (bicyclic) bond motifs is 1. The molecule has 3 aromatic rings. The van der Waals surface area contributed by atoms with E-state index < -0.39 is 23.2 Å². The van der Waals surface area contributed by atoms with Crippen molar-refractivity contribution < 1.29 is 19.1 Å². The molecule has 0 saturated carbocycles. The van der Waals surface area contributed by atoms with Crippen LogP contribution in [0.3, 0.4) is 0 Å². The van der Waals surface area contributed by atoms with Crippen molar-refractivity contribution in [3.8, 4) is 0 Å². The minimum absolute atomic E-state index is 0.422. The number of benzene rings is 1. The number of carbonyl (C=O) groups is 2. The maximum Gasteiger partial charge on any atom is 0.408 e. The Balaban J connectivity index is 1.91. The van der Waals surface area contributed by atoms with Gasteiger partial charge in [-0.05, 0) is 69.5 Å². The maximum absolute atomic E-state index is 12.6. The van der Waals surface area contributed by atoms with Crippen molar-refractivity contribution in [1.29, 1.82) is 0 Å². The summed E-state index contributed by atoms with van der Waals surface area (Å²) in [5.74, 6) is -0.440. The van der Waals surface area contributed by atoms with Gasteiger partial charge in [0, 0.05) is 17.8 Å². The van der Waals surface area contributed by atoms with Crippen molar-refractivity contribution in [2.24, 2.45) is 0 Å². The summed E-state index contributed by atoms with van der Waals surface area (Å²) in [5.41, 5.74) is 2.34. The molecule has 0 radical (unpaired) electrons. The van der Waals surface area contributed by atoms with Gasteiger partial charge >= 0.3 is 12.1 Å². The molecule has 32 heavy (non-hydrogen) atoms. The molecule has 2 N–H and O–H groups in total. The van der Waals surface area contributed by atoms with E-state index in [1.807, 2.05) is 71.0 Å². The number of hydrogen-bond donors (Lipinski definition) is 2. The van der Waals surface area contributed by atoms with Gasteiger partial charge in [-0.1, -0.05) is 24.3 Å². The number of amides is 1. The van der Waals surface area contributed by atoms with Crippen molar-refractivity contribution in [2.45, 2.75) is 45.8 Å². The van der Waals surface area contributed by atoms with Gasteiger partial charge in [-0.3, -0.25) is 0 Å². The van der Waals surface area contributed by atoms with E-state index in [1.165, 1.54) is 7.11 Å². The minimum Gasteiger partial charge on any atom is -0.465 e. The molecule has 0 unspecified atom stereocenters. The number of aromatic amines is 1. The summed E-state index contributed by atoms with van der Waals surface area (Å²) < 4.78 is 10.4. The Kier molecular flexibility index (Phi) is 6.39. The van der Waals surface area contributed by atoms with Crippen molar-refractivity contribution in [1.82, 2.24) is 15.3 Å². The Hall–Kier alpha value is -3.61. The number of aromatic nitrogens is 2. The van der Waals surface area contributed by atoms with Gasteiger partial charge in [0.25, 0.3) is 0 Å². The zero-order chi connectivity index (χ0) is 23.5. The number of ether oxygens (including phenoxy) is 2. The van der Waals surface area contributed by atoms with E-state index in [0.717, 1.165) is 22.2 Å². The summed E-state index contributed by atoms with van der Waals surface area (Å²) in [4.78, 5) is 32.1. The number of carbonyl (C=O) groups excluding carboxylic acids is 2. The molecule has 0 spiro atoms. The molecule has 2 aromatic heterocycles. The van der Waals surface area contributed by atoms with Crippen LogP contribution in [-0.2, 0) is 19.8 Å². The number of nitrogens with one attached hydrogen (secondary N) is 2. The molecule has 168 valence electrons. The van der Waals surface area contributed by atoms with Gasteiger partial charge in [0.05, 0.1) is 18.2 Å². The fourth-order valence-corrected chi connectivity index (χ4v) is 3.33. The van der Waals surface area contributed by atoms with Crippen LogP contribution in [0, 0.1) is 0 Å². The lowest BCUT2D eigenvalue weighted by molar-refractivity contribution is -0.133. The minimum atomic E-state index is -0.668. The highest BCUT2D eigenvalue weighted by Gasteiger charge is 2.26. The lowest BCUT2D eigenvalue weighted by atomic mass is 9.92. The van der Waals surface area contributed by atoms with E-state index in [0.29, 0.717) is 11.1 Å². The van der Waals surface area contributed by atoms with Gasteiger partial charge in [0.2, 0.25) is 0 Å². The average Bonchev–Trinajstić information content (AvgIpc) is 3.19. The monoisotopic (exact) mass is 435 g/mol. The van der Waals surface area contributed by atoms with Gasteiger partial charge in [-0.15, -0.1) is 0 Å². The van der Waals surface area contributed by atoms with Crippen LogP contribution in [0.15, 0.2) is 48.8 Å². The Morgan fingerprint density at radius 2 is 1.72 bits per heavy atom. The Morgan fingerprint density at radius 3 is 2.34 bits per heavy atom. The molecule has 7 nitrogen and oxygen atoms in total. The Bertz CT molecular complexity index is 1150. The molecule has 0 bridgehead atoms. The second kappa shape index (κ2) is 8.86. The van der Waals surface area contributed by atoms with Crippen LogP contribution in [0.25, 0.3) is 22.7 Å². The van der Waals surface area contributed by atoms with Crippen molar-refractivity contribution in [3.63, 3.8) is 0 Å². The van der Waals surface area contributed by atoms with Crippen molar-refractivity contribution in [3.05, 3.63) is 65.5 Å². The fourth-order valence-electron chi connectivity index (χ4n) is 3.33. The van der Waals surface area contributed by atoms with Crippen molar-refractivity contribution >= 4 is 34.7 Å². The number of methoxy groups -OCH3 is 1. The average molecular weight is 436 g/mol. The van der Waals surface area contributed by atoms with Crippen LogP contribution >= 0.6 is 0 Å². The van der Waals surface area contributed by atoms with Gasteiger partial charge in [-0.25, -0.2) is 14.6 Å². The third-order valence-corrected chi connectivity index (χ3v) is 4.93. The first-order valence-electron chi connectivity index (χ1n) is 10.3. The normalized spacial score (nSPS) is 12.5. The molecule has 1 amide bonds. The lowest BCUT2D eigenvalue weighted by Crippen LogP contribution is -2.43. The number of H-pyrrole nitrogens is 1. The molecule has 0 atom stereocenters. The number of nitrogens with zero attached hydrogens (tertiary/aromatic N) is 1. The van der Waals surface area contributed by atoms with E-state index in [1.54, 1.807) is 18.5 Å². The predicted octanol–water partition coefficient (Wildman–Crippen LogP) is 5.04. The summed E-state index contributed by atoms with van der Waals surface area (Å²) in [7, 11) is 1.36. The third kappa shape index (κ3) is 5.35. The van der Waals surface area contributed by atoms with E-state index in [9.17, 15) is 9.59 Å². The zero-order valence-corrected chi connectivity index (χ0v) is 19.3.